The molecule has 1 aromatic carbocycles. The molecular weight excluding hydrogens is 278 g/mol. The third-order valence-corrected chi connectivity index (χ3v) is 3.58. The zero-order valence-corrected chi connectivity index (χ0v) is 12.8. The molecule has 0 saturated heterocycles. The molecule has 110 valence electrons. The van der Waals surface area contributed by atoms with Crippen LogP contribution in [0.5, 0.6) is 0 Å². The van der Waals surface area contributed by atoms with E-state index in [0.717, 1.165) is 18.4 Å². The Morgan fingerprint density at radius 1 is 1.45 bits per heavy atom. The second-order valence-electron chi connectivity index (χ2n) is 6.26. The Bertz CT molecular complexity index is 518. The second-order valence-corrected chi connectivity index (χ2v) is 6.69. The molecule has 0 atom stereocenters. The molecule has 1 amide bonds. The number of anilines is 1. The molecule has 2 N–H and O–H groups in total. The number of rotatable bonds is 3. The number of ether oxygens (including phenoxy) is 1. The van der Waals surface area contributed by atoms with Gasteiger partial charge in [-0.05, 0) is 57.4 Å². The third kappa shape index (κ3) is 3.44. The lowest BCUT2D eigenvalue weighted by Crippen LogP contribution is -2.28. The van der Waals surface area contributed by atoms with Gasteiger partial charge in [0.25, 0.3) is 0 Å². The van der Waals surface area contributed by atoms with Crippen LogP contribution in [0.15, 0.2) is 18.2 Å². The minimum absolute atomic E-state index is 0.0519. The van der Waals surface area contributed by atoms with E-state index in [9.17, 15) is 9.90 Å². The third-order valence-electron chi connectivity index (χ3n) is 3.34. The van der Waals surface area contributed by atoms with Gasteiger partial charge in [-0.25, -0.2) is 4.79 Å². The fraction of sp³-hybridized carbons (Fsp3) is 0.533. The normalized spacial score (nSPS) is 16.6. The van der Waals surface area contributed by atoms with Crippen LogP contribution in [0, 0.1) is 0 Å². The Morgan fingerprint density at radius 3 is 2.60 bits per heavy atom. The van der Waals surface area contributed by atoms with E-state index < -0.39 is 11.7 Å². The Morgan fingerprint density at radius 2 is 2.10 bits per heavy atom. The number of aliphatic hydroxyl groups is 1. The molecule has 1 aliphatic rings. The van der Waals surface area contributed by atoms with Crippen molar-refractivity contribution in [3.8, 4) is 0 Å². The summed E-state index contributed by atoms with van der Waals surface area (Å²) in [6.45, 7) is 5.48. The highest BCUT2D eigenvalue weighted by atomic mass is 35.5. The maximum atomic E-state index is 11.9. The summed E-state index contributed by atoms with van der Waals surface area (Å²) in [6.07, 6.45) is 1.29. The van der Waals surface area contributed by atoms with Crippen LogP contribution in [0.4, 0.5) is 10.5 Å². The number of aliphatic hydroxyl groups excluding tert-OH is 1. The van der Waals surface area contributed by atoms with Crippen molar-refractivity contribution in [3.63, 3.8) is 0 Å². The predicted molar refractivity (Wildman–Crippen MR) is 79.3 cm³/mol. The van der Waals surface area contributed by atoms with Gasteiger partial charge in [0.05, 0.1) is 6.61 Å². The van der Waals surface area contributed by atoms with Crippen LogP contribution in [0.1, 0.15) is 39.2 Å². The lowest BCUT2D eigenvalue weighted by Gasteiger charge is -2.22. The van der Waals surface area contributed by atoms with Crippen molar-refractivity contribution >= 4 is 23.4 Å². The van der Waals surface area contributed by atoms with E-state index in [1.807, 2.05) is 20.8 Å². The van der Waals surface area contributed by atoms with E-state index in [1.165, 1.54) is 0 Å². The van der Waals surface area contributed by atoms with Gasteiger partial charge in [-0.2, -0.15) is 0 Å². The summed E-state index contributed by atoms with van der Waals surface area (Å²) in [7, 11) is 0. The number of carbonyl (C=O) groups is 1. The number of halogens is 1. The first-order valence-electron chi connectivity index (χ1n) is 6.67. The van der Waals surface area contributed by atoms with Crippen LogP contribution in [-0.2, 0) is 10.2 Å². The first-order valence-corrected chi connectivity index (χ1v) is 7.04. The molecule has 0 unspecified atom stereocenters. The van der Waals surface area contributed by atoms with E-state index in [0.29, 0.717) is 10.7 Å². The average molecular weight is 298 g/mol. The standard InChI is InChI=1S/C15H20ClNO3/c1-14(2,3)20-13(19)17-12-5-4-10(16)8-11(12)15(9-18)6-7-15/h4-5,8,18H,6-7,9H2,1-3H3,(H,17,19). The second kappa shape index (κ2) is 5.26. The predicted octanol–water partition coefficient (Wildman–Crippen LogP) is 3.71. The minimum atomic E-state index is -0.551. The van der Waals surface area contributed by atoms with Gasteiger partial charge in [0.1, 0.15) is 5.60 Å². The lowest BCUT2D eigenvalue weighted by molar-refractivity contribution is 0.0635. The van der Waals surface area contributed by atoms with Gasteiger partial charge < -0.3 is 9.84 Å². The molecule has 0 heterocycles. The average Bonchev–Trinajstić information content (AvgIpc) is 3.10. The number of hydrogen-bond acceptors (Lipinski definition) is 3. The molecule has 4 nitrogen and oxygen atoms in total. The summed E-state index contributed by atoms with van der Waals surface area (Å²) in [5.74, 6) is 0. The molecule has 2 rings (SSSR count). The first kappa shape index (κ1) is 15.1. The quantitative estimate of drug-likeness (QED) is 0.894. The van der Waals surface area contributed by atoms with Crippen molar-refractivity contribution in [2.45, 2.75) is 44.6 Å². The molecule has 1 saturated carbocycles. The number of benzene rings is 1. The smallest absolute Gasteiger partial charge is 0.412 e. The molecule has 20 heavy (non-hydrogen) atoms. The molecule has 0 spiro atoms. The molecular formula is C15H20ClNO3. The van der Waals surface area contributed by atoms with Gasteiger partial charge in [0.15, 0.2) is 0 Å². The molecule has 0 aromatic heterocycles. The van der Waals surface area contributed by atoms with Crippen molar-refractivity contribution < 1.29 is 14.6 Å². The zero-order valence-electron chi connectivity index (χ0n) is 12.0. The zero-order chi connectivity index (χ0) is 15.0. The van der Waals surface area contributed by atoms with Crippen molar-refractivity contribution in [1.29, 1.82) is 0 Å². The summed E-state index contributed by atoms with van der Waals surface area (Å²) in [4.78, 5) is 11.9. The highest BCUT2D eigenvalue weighted by Crippen LogP contribution is 2.50. The summed E-state index contributed by atoms with van der Waals surface area (Å²) >= 11 is 6.03. The van der Waals surface area contributed by atoms with Gasteiger partial charge in [-0.1, -0.05) is 11.6 Å². The number of hydrogen-bond donors (Lipinski definition) is 2. The summed E-state index contributed by atoms with van der Waals surface area (Å²) < 4.78 is 5.25. The van der Waals surface area contributed by atoms with E-state index in [2.05, 4.69) is 5.32 Å². The van der Waals surface area contributed by atoms with E-state index in [-0.39, 0.29) is 12.0 Å². The Balaban J connectivity index is 2.22. The van der Waals surface area contributed by atoms with E-state index in [1.54, 1.807) is 18.2 Å². The maximum Gasteiger partial charge on any atom is 0.412 e. The highest BCUT2D eigenvalue weighted by molar-refractivity contribution is 6.30. The number of carbonyl (C=O) groups excluding carboxylic acids is 1. The van der Waals surface area contributed by atoms with Crippen molar-refractivity contribution in [1.82, 2.24) is 0 Å². The van der Waals surface area contributed by atoms with Gasteiger partial charge in [-0.15, -0.1) is 0 Å². The minimum Gasteiger partial charge on any atom is -0.444 e. The van der Waals surface area contributed by atoms with Gasteiger partial charge in [-0.3, -0.25) is 5.32 Å². The molecule has 0 aliphatic heterocycles. The number of amides is 1. The van der Waals surface area contributed by atoms with Crippen LogP contribution in [-0.4, -0.2) is 23.4 Å². The van der Waals surface area contributed by atoms with Crippen LogP contribution in [0.25, 0.3) is 0 Å². The van der Waals surface area contributed by atoms with Crippen LogP contribution < -0.4 is 5.32 Å². The van der Waals surface area contributed by atoms with Crippen LogP contribution in [0.2, 0.25) is 5.02 Å². The molecule has 5 heteroatoms. The van der Waals surface area contributed by atoms with Crippen molar-refractivity contribution in [2.24, 2.45) is 0 Å². The fourth-order valence-electron chi connectivity index (χ4n) is 2.14. The van der Waals surface area contributed by atoms with E-state index in [4.69, 9.17) is 16.3 Å². The monoisotopic (exact) mass is 297 g/mol. The Kier molecular flexibility index (Phi) is 3.98. The molecule has 1 fully saturated rings. The van der Waals surface area contributed by atoms with Crippen molar-refractivity contribution in [3.05, 3.63) is 28.8 Å². The molecule has 1 aromatic rings. The van der Waals surface area contributed by atoms with Crippen molar-refractivity contribution in [2.75, 3.05) is 11.9 Å². The molecule has 0 radical (unpaired) electrons. The van der Waals surface area contributed by atoms with Gasteiger partial charge in [0.2, 0.25) is 0 Å². The summed E-state index contributed by atoms with van der Waals surface area (Å²) in [5, 5.41) is 12.9. The number of nitrogens with one attached hydrogen (secondary N) is 1. The summed E-state index contributed by atoms with van der Waals surface area (Å²) in [5.41, 5.74) is 0.703. The van der Waals surface area contributed by atoms with E-state index >= 15 is 0 Å². The highest BCUT2D eigenvalue weighted by Gasteiger charge is 2.45. The van der Waals surface area contributed by atoms with Gasteiger partial charge >= 0.3 is 6.09 Å². The van der Waals surface area contributed by atoms with Crippen LogP contribution in [0.3, 0.4) is 0 Å². The molecule has 1 aliphatic carbocycles. The SMILES string of the molecule is CC(C)(C)OC(=O)Nc1ccc(Cl)cc1C1(CO)CC1. The maximum absolute atomic E-state index is 11.9. The topological polar surface area (TPSA) is 58.6 Å². The molecule has 0 bridgehead atoms. The Labute approximate surface area is 124 Å². The van der Waals surface area contributed by atoms with Gasteiger partial charge in [0, 0.05) is 16.1 Å². The fourth-order valence-corrected chi connectivity index (χ4v) is 2.31. The van der Waals surface area contributed by atoms with Crippen LogP contribution >= 0.6 is 11.6 Å². The Hall–Kier alpha value is -1.26. The summed E-state index contributed by atoms with van der Waals surface area (Å²) in [6, 6.07) is 5.26. The first-order chi connectivity index (χ1) is 9.26. The largest absolute Gasteiger partial charge is 0.444 e. The lowest BCUT2D eigenvalue weighted by atomic mass is 9.95.